The van der Waals surface area contributed by atoms with Crippen LogP contribution in [-0.2, 0) is 4.79 Å². The lowest BCUT2D eigenvalue weighted by Gasteiger charge is -2.41. The van der Waals surface area contributed by atoms with Crippen LogP contribution in [0, 0.1) is 0 Å². The minimum Gasteiger partial charge on any atom is -0.389 e. The summed E-state index contributed by atoms with van der Waals surface area (Å²) in [6.45, 7) is 10.8. The molecular formula is C17H33N3O2. The molecule has 22 heavy (non-hydrogen) atoms. The average molecular weight is 311 g/mol. The topological polar surface area (TPSA) is 47.0 Å². The average Bonchev–Trinajstić information content (AvgIpc) is 2.53. The number of hydrogen-bond acceptors (Lipinski definition) is 4. The van der Waals surface area contributed by atoms with E-state index in [1.165, 1.54) is 6.42 Å². The monoisotopic (exact) mass is 311 g/mol. The molecule has 2 rings (SSSR count). The maximum Gasteiger partial charge on any atom is 0.236 e. The van der Waals surface area contributed by atoms with E-state index in [0.717, 1.165) is 71.5 Å². The molecule has 2 fully saturated rings. The molecule has 1 saturated heterocycles. The lowest BCUT2D eigenvalue weighted by atomic mass is 9.84. The molecular weight excluding hydrogens is 278 g/mol. The first-order valence-electron chi connectivity index (χ1n) is 9.01. The van der Waals surface area contributed by atoms with Crippen molar-refractivity contribution in [1.82, 2.24) is 14.7 Å². The minimum atomic E-state index is -0.481. The van der Waals surface area contributed by atoms with Gasteiger partial charge in [-0.15, -0.1) is 0 Å². The molecule has 1 amide bonds. The molecule has 5 nitrogen and oxygen atoms in total. The van der Waals surface area contributed by atoms with Crippen LogP contribution in [0.3, 0.4) is 0 Å². The van der Waals surface area contributed by atoms with Crippen molar-refractivity contribution in [3.63, 3.8) is 0 Å². The molecule has 1 aliphatic carbocycles. The van der Waals surface area contributed by atoms with E-state index in [-0.39, 0.29) is 5.91 Å². The molecule has 1 heterocycles. The molecule has 2 aliphatic rings. The van der Waals surface area contributed by atoms with Gasteiger partial charge in [-0.2, -0.15) is 0 Å². The van der Waals surface area contributed by atoms with Crippen molar-refractivity contribution in [2.45, 2.75) is 51.6 Å². The van der Waals surface area contributed by atoms with Crippen molar-refractivity contribution < 1.29 is 9.90 Å². The van der Waals surface area contributed by atoms with E-state index in [4.69, 9.17) is 0 Å². The van der Waals surface area contributed by atoms with Gasteiger partial charge in [-0.3, -0.25) is 14.6 Å². The summed E-state index contributed by atoms with van der Waals surface area (Å²) in [5.41, 5.74) is -0.481. The van der Waals surface area contributed by atoms with Gasteiger partial charge in [-0.05, 0) is 25.9 Å². The summed E-state index contributed by atoms with van der Waals surface area (Å²) in [4.78, 5) is 18.8. The summed E-state index contributed by atoms with van der Waals surface area (Å²) in [6, 6.07) is 0. The molecule has 128 valence electrons. The number of carbonyl (C=O) groups is 1. The van der Waals surface area contributed by atoms with Crippen LogP contribution in [0.1, 0.15) is 46.0 Å². The molecule has 5 heteroatoms. The number of nitrogens with zero attached hydrogens (tertiary/aromatic N) is 3. The summed E-state index contributed by atoms with van der Waals surface area (Å²) >= 11 is 0. The van der Waals surface area contributed by atoms with E-state index in [0.29, 0.717) is 6.54 Å². The molecule has 0 spiro atoms. The third-order valence-electron chi connectivity index (χ3n) is 5.28. The van der Waals surface area contributed by atoms with Crippen LogP contribution in [0.4, 0.5) is 0 Å². The predicted molar refractivity (Wildman–Crippen MR) is 88.8 cm³/mol. The second-order valence-electron chi connectivity index (χ2n) is 6.90. The maximum absolute atomic E-state index is 12.3. The van der Waals surface area contributed by atoms with Gasteiger partial charge in [0.05, 0.1) is 12.1 Å². The van der Waals surface area contributed by atoms with E-state index < -0.39 is 5.60 Å². The second kappa shape index (κ2) is 8.27. The Morgan fingerprint density at radius 2 is 1.64 bits per heavy atom. The van der Waals surface area contributed by atoms with E-state index in [1.807, 2.05) is 4.90 Å². The third-order valence-corrected chi connectivity index (χ3v) is 5.28. The molecule has 0 radical (unpaired) electrons. The lowest BCUT2D eigenvalue weighted by Crippen LogP contribution is -2.54. The van der Waals surface area contributed by atoms with Crippen molar-refractivity contribution in [3.05, 3.63) is 0 Å². The van der Waals surface area contributed by atoms with E-state index in [1.54, 1.807) is 0 Å². The van der Waals surface area contributed by atoms with Crippen molar-refractivity contribution >= 4 is 5.91 Å². The lowest BCUT2D eigenvalue weighted by molar-refractivity contribution is -0.134. The summed E-state index contributed by atoms with van der Waals surface area (Å²) in [5, 5.41) is 10.7. The van der Waals surface area contributed by atoms with Crippen molar-refractivity contribution in [2.75, 3.05) is 52.4 Å². The Labute approximate surface area is 135 Å². The number of piperazine rings is 1. The van der Waals surface area contributed by atoms with Gasteiger partial charge >= 0.3 is 0 Å². The molecule has 1 aliphatic heterocycles. The van der Waals surface area contributed by atoms with Gasteiger partial charge in [0.2, 0.25) is 5.91 Å². The Balaban J connectivity index is 1.74. The summed E-state index contributed by atoms with van der Waals surface area (Å²) in [7, 11) is 0. The normalized spacial score (nSPS) is 23.0. The SMILES string of the molecule is CCN(CC)CC(=O)N1CCN(CC2(O)CCCCC2)CC1. The fourth-order valence-electron chi connectivity index (χ4n) is 3.68. The molecule has 0 aromatic heterocycles. The molecule has 0 bridgehead atoms. The van der Waals surface area contributed by atoms with Crippen LogP contribution in [0.15, 0.2) is 0 Å². The van der Waals surface area contributed by atoms with Gasteiger partial charge in [-0.25, -0.2) is 0 Å². The van der Waals surface area contributed by atoms with Gasteiger partial charge in [0, 0.05) is 32.7 Å². The van der Waals surface area contributed by atoms with Gasteiger partial charge in [-0.1, -0.05) is 33.1 Å². The summed E-state index contributed by atoms with van der Waals surface area (Å²) in [5.74, 6) is 0.250. The summed E-state index contributed by atoms with van der Waals surface area (Å²) in [6.07, 6.45) is 5.44. The fourth-order valence-corrected chi connectivity index (χ4v) is 3.68. The Bertz CT molecular complexity index is 344. The second-order valence-corrected chi connectivity index (χ2v) is 6.90. The van der Waals surface area contributed by atoms with Gasteiger partial charge in [0.1, 0.15) is 0 Å². The smallest absolute Gasteiger partial charge is 0.236 e. The van der Waals surface area contributed by atoms with E-state index >= 15 is 0 Å². The Morgan fingerprint density at radius 1 is 1.05 bits per heavy atom. The van der Waals surface area contributed by atoms with Crippen molar-refractivity contribution in [3.8, 4) is 0 Å². The third kappa shape index (κ3) is 4.93. The zero-order valence-corrected chi connectivity index (χ0v) is 14.4. The van der Waals surface area contributed by atoms with Crippen LogP contribution in [0.2, 0.25) is 0 Å². The van der Waals surface area contributed by atoms with Crippen LogP contribution in [-0.4, -0.2) is 83.7 Å². The number of aliphatic hydroxyl groups is 1. The molecule has 1 saturated carbocycles. The van der Waals surface area contributed by atoms with Crippen LogP contribution in [0.25, 0.3) is 0 Å². The molecule has 1 N–H and O–H groups in total. The van der Waals surface area contributed by atoms with Gasteiger partial charge < -0.3 is 10.0 Å². The molecule has 0 unspecified atom stereocenters. The highest BCUT2D eigenvalue weighted by atomic mass is 16.3. The fraction of sp³-hybridized carbons (Fsp3) is 0.941. The first kappa shape index (κ1) is 17.7. The zero-order valence-electron chi connectivity index (χ0n) is 14.4. The quantitative estimate of drug-likeness (QED) is 0.800. The first-order valence-corrected chi connectivity index (χ1v) is 9.01. The molecule has 0 aromatic rings. The number of β-amino-alcohol motifs (C(OH)–C–C–N with tert-alkyl or cyclic N) is 1. The maximum atomic E-state index is 12.3. The summed E-state index contributed by atoms with van der Waals surface area (Å²) < 4.78 is 0. The Kier molecular flexibility index (Phi) is 6.66. The number of likely N-dealkylation sites (N-methyl/N-ethyl adjacent to an activating group) is 1. The highest BCUT2D eigenvalue weighted by Gasteiger charge is 2.32. The number of amides is 1. The highest BCUT2D eigenvalue weighted by Crippen LogP contribution is 2.29. The van der Waals surface area contributed by atoms with Crippen LogP contribution in [0.5, 0.6) is 0 Å². The number of carbonyl (C=O) groups excluding carboxylic acids is 1. The van der Waals surface area contributed by atoms with Gasteiger partial charge in [0.25, 0.3) is 0 Å². The highest BCUT2D eigenvalue weighted by molar-refractivity contribution is 5.78. The first-order chi connectivity index (χ1) is 10.6. The van der Waals surface area contributed by atoms with Crippen molar-refractivity contribution in [1.29, 1.82) is 0 Å². The minimum absolute atomic E-state index is 0.250. The molecule has 0 atom stereocenters. The Hall–Kier alpha value is -0.650. The predicted octanol–water partition coefficient (Wildman–Crippen LogP) is 1.17. The standard InChI is InChI=1S/C17H33N3O2/c1-3-18(4-2)14-16(21)20-12-10-19(11-13-20)15-17(22)8-6-5-7-9-17/h22H,3-15H2,1-2H3. The number of hydrogen-bond donors (Lipinski definition) is 1. The van der Waals surface area contributed by atoms with Crippen LogP contribution >= 0.6 is 0 Å². The zero-order chi connectivity index (χ0) is 16.0. The van der Waals surface area contributed by atoms with E-state index in [9.17, 15) is 9.90 Å². The number of rotatable bonds is 6. The van der Waals surface area contributed by atoms with Gasteiger partial charge in [0.15, 0.2) is 0 Å². The largest absolute Gasteiger partial charge is 0.389 e. The van der Waals surface area contributed by atoms with Crippen molar-refractivity contribution in [2.24, 2.45) is 0 Å². The Morgan fingerprint density at radius 3 is 2.18 bits per heavy atom. The van der Waals surface area contributed by atoms with E-state index in [2.05, 4.69) is 23.6 Å². The molecule has 0 aromatic carbocycles. The van der Waals surface area contributed by atoms with Crippen LogP contribution < -0.4 is 0 Å².